The topological polar surface area (TPSA) is 68.3 Å². The van der Waals surface area contributed by atoms with Crippen molar-refractivity contribution in [2.45, 2.75) is 26.1 Å². The summed E-state index contributed by atoms with van der Waals surface area (Å²) < 4.78 is 10.6. The molecule has 16 heavy (non-hydrogen) atoms. The molecule has 1 rings (SSSR count). The van der Waals surface area contributed by atoms with Gasteiger partial charge in [0.25, 0.3) is 0 Å². The molecule has 0 aromatic heterocycles. The van der Waals surface area contributed by atoms with Crippen LogP contribution in [0, 0.1) is 5.41 Å². The fourth-order valence-electron chi connectivity index (χ4n) is 1.41. The lowest BCUT2D eigenvalue weighted by atomic mass is 10.2. The first-order chi connectivity index (χ1) is 7.67. The zero-order valence-corrected chi connectivity index (χ0v) is 9.69. The van der Waals surface area contributed by atoms with Gasteiger partial charge in [-0.05, 0) is 24.1 Å². The Hall–Kier alpha value is -1.55. The molecule has 0 bridgehead atoms. The number of nitrogens with two attached hydrogens (primary N) is 1. The summed E-state index contributed by atoms with van der Waals surface area (Å²) in [6.07, 6.45) is 0.335. The minimum Gasteiger partial charge on any atom is -0.483 e. The summed E-state index contributed by atoms with van der Waals surface area (Å²) in [5, 5.41) is 7.36. The molecule has 4 heteroatoms. The number of benzene rings is 1. The normalized spacial score (nSPS) is 12.1. The van der Waals surface area contributed by atoms with Crippen LogP contribution < -0.4 is 10.5 Å². The minimum absolute atomic E-state index is 0.0552. The van der Waals surface area contributed by atoms with Crippen molar-refractivity contribution in [1.82, 2.24) is 0 Å². The molecule has 1 atom stereocenters. The maximum atomic E-state index is 7.36. The molecule has 0 aliphatic carbocycles. The highest BCUT2D eigenvalue weighted by Gasteiger charge is 2.11. The molecule has 88 valence electrons. The summed E-state index contributed by atoms with van der Waals surface area (Å²) in [5.41, 5.74) is 6.47. The fraction of sp³-hybridized carbons (Fsp3) is 0.417. The Kier molecular flexibility index (Phi) is 4.79. The molecule has 1 unspecified atom stereocenters. The van der Waals surface area contributed by atoms with Crippen LogP contribution in [0.1, 0.15) is 18.9 Å². The van der Waals surface area contributed by atoms with E-state index in [0.29, 0.717) is 13.0 Å². The quantitative estimate of drug-likeness (QED) is 0.570. The van der Waals surface area contributed by atoms with Crippen LogP contribution in [-0.2, 0) is 11.3 Å². The van der Waals surface area contributed by atoms with E-state index in [0.717, 1.165) is 11.3 Å². The molecule has 0 radical (unpaired) electrons. The van der Waals surface area contributed by atoms with Gasteiger partial charge in [-0.2, -0.15) is 0 Å². The van der Waals surface area contributed by atoms with E-state index in [-0.39, 0.29) is 11.9 Å². The van der Waals surface area contributed by atoms with Crippen LogP contribution in [0.25, 0.3) is 0 Å². The highest BCUT2D eigenvalue weighted by atomic mass is 16.5. The second kappa shape index (κ2) is 6.12. The molecule has 3 N–H and O–H groups in total. The van der Waals surface area contributed by atoms with Gasteiger partial charge in [0, 0.05) is 7.11 Å². The van der Waals surface area contributed by atoms with E-state index in [2.05, 4.69) is 0 Å². The fourth-order valence-corrected chi connectivity index (χ4v) is 1.41. The van der Waals surface area contributed by atoms with E-state index in [1.807, 2.05) is 31.2 Å². The van der Waals surface area contributed by atoms with E-state index in [1.165, 1.54) is 0 Å². The zero-order valence-electron chi connectivity index (χ0n) is 9.69. The Morgan fingerprint density at radius 1 is 1.50 bits per heavy atom. The maximum absolute atomic E-state index is 7.36. The predicted molar refractivity (Wildman–Crippen MR) is 63.8 cm³/mol. The Morgan fingerprint density at radius 2 is 2.25 bits per heavy atom. The van der Waals surface area contributed by atoms with Gasteiger partial charge in [-0.3, -0.25) is 5.41 Å². The third-order valence-electron chi connectivity index (χ3n) is 2.21. The molecule has 1 aromatic carbocycles. The summed E-state index contributed by atoms with van der Waals surface area (Å²) in [4.78, 5) is 0. The number of hydrogen-bond donors (Lipinski definition) is 2. The van der Waals surface area contributed by atoms with Crippen LogP contribution >= 0.6 is 0 Å². The van der Waals surface area contributed by atoms with Gasteiger partial charge >= 0.3 is 0 Å². The van der Waals surface area contributed by atoms with Gasteiger partial charge in [0.15, 0.2) is 6.10 Å². The molecule has 0 saturated carbocycles. The molecule has 1 aromatic rings. The van der Waals surface area contributed by atoms with Gasteiger partial charge in [0.05, 0.1) is 6.61 Å². The number of rotatable bonds is 6. The van der Waals surface area contributed by atoms with Crippen molar-refractivity contribution in [3.8, 4) is 5.75 Å². The van der Waals surface area contributed by atoms with Crippen molar-refractivity contribution in [2.24, 2.45) is 5.73 Å². The molecule has 0 spiro atoms. The van der Waals surface area contributed by atoms with Gasteiger partial charge in [-0.25, -0.2) is 0 Å². The van der Waals surface area contributed by atoms with Gasteiger partial charge in [0.1, 0.15) is 11.6 Å². The standard InChI is InChI=1S/C12H18N2O2/c1-3-11(12(13)14)16-10-6-4-5-9(7-10)8-15-2/h4-7,11H,3,8H2,1-2H3,(H3,13,14). The lowest BCUT2D eigenvalue weighted by molar-refractivity contribution is 0.184. The largest absolute Gasteiger partial charge is 0.483 e. The Morgan fingerprint density at radius 3 is 2.81 bits per heavy atom. The van der Waals surface area contributed by atoms with Crippen LogP contribution in [0.15, 0.2) is 24.3 Å². The second-order valence-electron chi connectivity index (χ2n) is 3.55. The lowest BCUT2D eigenvalue weighted by Crippen LogP contribution is -2.32. The predicted octanol–water partition coefficient (Wildman–Crippen LogP) is 1.93. The molecule has 0 heterocycles. The highest BCUT2D eigenvalue weighted by Crippen LogP contribution is 2.16. The summed E-state index contributed by atoms with van der Waals surface area (Å²) in [6.45, 7) is 2.49. The van der Waals surface area contributed by atoms with Gasteiger partial charge in [0.2, 0.25) is 0 Å². The van der Waals surface area contributed by atoms with Crippen LogP contribution in [0.4, 0.5) is 0 Å². The van der Waals surface area contributed by atoms with Crippen LogP contribution in [0.2, 0.25) is 0 Å². The van der Waals surface area contributed by atoms with Gasteiger partial charge in [-0.1, -0.05) is 19.1 Å². The number of nitrogens with one attached hydrogen (secondary N) is 1. The van der Waals surface area contributed by atoms with Crippen molar-refractivity contribution in [3.05, 3.63) is 29.8 Å². The highest BCUT2D eigenvalue weighted by molar-refractivity contribution is 5.81. The van der Waals surface area contributed by atoms with Gasteiger partial charge in [-0.15, -0.1) is 0 Å². The molecule has 0 amide bonds. The molecule has 0 aliphatic rings. The van der Waals surface area contributed by atoms with Crippen molar-refractivity contribution in [3.63, 3.8) is 0 Å². The molecular formula is C12H18N2O2. The summed E-state index contributed by atoms with van der Waals surface area (Å²) in [7, 11) is 1.65. The summed E-state index contributed by atoms with van der Waals surface area (Å²) >= 11 is 0. The maximum Gasteiger partial charge on any atom is 0.155 e. The number of methoxy groups -OCH3 is 1. The zero-order chi connectivity index (χ0) is 12.0. The monoisotopic (exact) mass is 222 g/mol. The van der Waals surface area contributed by atoms with E-state index >= 15 is 0 Å². The average molecular weight is 222 g/mol. The Bertz CT molecular complexity index is 353. The average Bonchev–Trinajstić information content (AvgIpc) is 2.26. The molecular weight excluding hydrogens is 204 g/mol. The Balaban J connectivity index is 2.72. The van der Waals surface area contributed by atoms with Crippen LogP contribution in [0.3, 0.4) is 0 Å². The van der Waals surface area contributed by atoms with Crippen LogP contribution in [0.5, 0.6) is 5.75 Å². The Labute approximate surface area is 95.9 Å². The molecule has 0 aliphatic heterocycles. The van der Waals surface area contributed by atoms with Crippen molar-refractivity contribution in [2.75, 3.05) is 7.11 Å². The first-order valence-corrected chi connectivity index (χ1v) is 5.25. The minimum atomic E-state index is -0.349. The third-order valence-corrected chi connectivity index (χ3v) is 2.21. The number of amidine groups is 1. The van der Waals surface area contributed by atoms with Gasteiger partial charge < -0.3 is 15.2 Å². The number of hydrogen-bond acceptors (Lipinski definition) is 3. The smallest absolute Gasteiger partial charge is 0.155 e. The van der Waals surface area contributed by atoms with E-state index < -0.39 is 0 Å². The SMILES string of the molecule is CCC(Oc1cccc(COC)c1)C(=N)N. The van der Waals surface area contributed by atoms with E-state index in [4.69, 9.17) is 20.6 Å². The first-order valence-electron chi connectivity index (χ1n) is 5.25. The van der Waals surface area contributed by atoms with Crippen molar-refractivity contribution < 1.29 is 9.47 Å². The van der Waals surface area contributed by atoms with Crippen molar-refractivity contribution in [1.29, 1.82) is 5.41 Å². The van der Waals surface area contributed by atoms with Crippen molar-refractivity contribution >= 4 is 5.84 Å². The van der Waals surface area contributed by atoms with E-state index in [1.54, 1.807) is 7.11 Å². The van der Waals surface area contributed by atoms with Crippen LogP contribution in [-0.4, -0.2) is 19.0 Å². The van der Waals surface area contributed by atoms with E-state index in [9.17, 15) is 0 Å². The lowest BCUT2D eigenvalue weighted by Gasteiger charge is -2.16. The summed E-state index contributed by atoms with van der Waals surface area (Å²) in [6, 6.07) is 7.61. The first kappa shape index (κ1) is 12.5. The third kappa shape index (κ3) is 3.55. The number of ether oxygens (including phenoxy) is 2. The second-order valence-corrected chi connectivity index (χ2v) is 3.55. The summed E-state index contributed by atoms with van der Waals surface area (Å²) in [5.74, 6) is 0.774. The molecule has 0 fully saturated rings. The molecule has 0 saturated heterocycles. The molecule has 4 nitrogen and oxygen atoms in total.